The van der Waals surface area contributed by atoms with Gasteiger partial charge >= 0.3 is 0 Å². The molecule has 7 heterocycles. The second kappa shape index (κ2) is 28.2. The highest BCUT2D eigenvalue weighted by atomic mass is 16.8. The average Bonchev–Trinajstić information content (AvgIpc) is 1.42. The number of carbonyl (C=O) groups excluding carboxylic acids is 1. The smallest absolute Gasteiger partial charge is 0.187 e. The van der Waals surface area contributed by atoms with Gasteiger partial charge in [-0.2, -0.15) is 0 Å². The second-order valence-electron chi connectivity index (χ2n) is 28.8. The minimum Gasteiger partial charge on any atom is -0.396 e. The topological polar surface area (TPSA) is 501 Å². The van der Waals surface area contributed by atoms with E-state index in [1.807, 2.05) is 6.92 Å². The molecule has 94 heavy (non-hydrogen) atoms. The minimum absolute atomic E-state index is 0.119. The number of aliphatic hydroxyl groups is 18. The summed E-state index contributed by atoms with van der Waals surface area (Å²) in [5, 5.41) is 199. The van der Waals surface area contributed by atoms with Crippen LogP contribution >= 0.6 is 0 Å². The third-order valence-corrected chi connectivity index (χ3v) is 24.2. The number of fused-ring (bicyclic) bond motifs is 5. The fourth-order valence-corrected chi connectivity index (χ4v) is 18.2. The second-order valence-corrected chi connectivity index (χ2v) is 28.8. The molecule has 11 rings (SSSR count). The zero-order valence-electron chi connectivity index (χ0n) is 53.4. The summed E-state index contributed by atoms with van der Waals surface area (Å²) in [5.41, 5.74) is -2.51. The molecule has 0 aromatic heterocycles. The van der Waals surface area contributed by atoms with Gasteiger partial charge in [-0.25, -0.2) is 0 Å². The summed E-state index contributed by atoms with van der Waals surface area (Å²) in [6.07, 6.45) is -42.3. The number of rotatable bonds is 21. The summed E-state index contributed by atoms with van der Waals surface area (Å²) >= 11 is 0. The highest BCUT2D eigenvalue weighted by Gasteiger charge is 2.73. The van der Waals surface area contributed by atoms with Crippen molar-refractivity contribution >= 4 is 5.78 Å². The van der Waals surface area contributed by atoms with Gasteiger partial charge in [-0.15, -0.1) is 0 Å². The van der Waals surface area contributed by atoms with Crippen molar-refractivity contribution in [1.29, 1.82) is 0 Å². The van der Waals surface area contributed by atoms with Crippen LogP contribution in [0.1, 0.15) is 98.8 Å². The minimum atomic E-state index is -2.35. The van der Waals surface area contributed by atoms with Gasteiger partial charge in [0.2, 0.25) is 0 Å². The molecule has 32 heteroatoms. The third-order valence-electron chi connectivity index (χ3n) is 24.2. The summed E-state index contributed by atoms with van der Waals surface area (Å²) in [7, 11) is 0. The van der Waals surface area contributed by atoms with Crippen LogP contribution in [-0.2, 0) is 66.4 Å². The number of ether oxygens (including phenoxy) is 13. The molecule has 34 atom stereocenters. The Morgan fingerprint density at radius 2 is 1.11 bits per heavy atom. The van der Waals surface area contributed by atoms with E-state index in [2.05, 4.69) is 27.7 Å². The normalized spacial score (nSPS) is 52.6. The Hall–Kier alpha value is -1.83. The number of hydrogen-bond acceptors (Lipinski definition) is 32. The molecule has 0 amide bonds. The fourth-order valence-electron chi connectivity index (χ4n) is 18.2. The van der Waals surface area contributed by atoms with Gasteiger partial charge in [-0.1, -0.05) is 45.8 Å². The van der Waals surface area contributed by atoms with E-state index in [-0.39, 0.29) is 34.9 Å². The van der Waals surface area contributed by atoms with Crippen molar-refractivity contribution in [3.8, 4) is 0 Å². The van der Waals surface area contributed by atoms with Gasteiger partial charge in [0.25, 0.3) is 0 Å². The Morgan fingerprint density at radius 3 is 1.74 bits per heavy atom. The Bertz CT molecular complexity index is 2620. The van der Waals surface area contributed by atoms with Crippen LogP contribution in [0.4, 0.5) is 0 Å². The Morgan fingerprint density at radius 1 is 0.543 bits per heavy atom. The molecule has 0 aromatic carbocycles. The van der Waals surface area contributed by atoms with Crippen molar-refractivity contribution in [2.24, 2.45) is 33.5 Å². The van der Waals surface area contributed by atoms with Gasteiger partial charge in [0.05, 0.1) is 71.2 Å². The highest BCUT2D eigenvalue weighted by molar-refractivity contribution is 5.83. The van der Waals surface area contributed by atoms with Gasteiger partial charge in [-0.05, 0) is 80.5 Å². The lowest BCUT2D eigenvalue weighted by molar-refractivity contribution is -0.402. The summed E-state index contributed by atoms with van der Waals surface area (Å²) in [6, 6.07) is 0. The van der Waals surface area contributed by atoms with E-state index in [0.717, 1.165) is 25.7 Å². The van der Waals surface area contributed by atoms with Gasteiger partial charge in [-0.3, -0.25) is 4.79 Å². The molecular weight excluding hydrogens is 1260 g/mol. The van der Waals surface area contributed by atoms with Gasteiger partial charge in [0, 0.05) is 17.3 Å². The lowest BCUT2D eigenvalue weighted by Crippen LogP contribution is -2.68. The molecule has 18 N–H and O–H groups in total. The Balaban J connectivity index is 0.822. The van der Waals surface area contributed by atoms with Crippen LogP contribution in [0.25, 0.3) is 0 Å². The van der Waals surface area contributed by atoms with E-state index in [0.29, 0.717) is 32.1 Å². The van der Waals surface area contributed by atoms with E-state index in [9.17, 15) is 96.7 Å². The fraction of sp³-hybridized carbons (Fsp3) is 0.952. The molecule has 0 bridgehead atoms. The van der Waals surface area contributed by atoms with Crippen molar-refractivity contribution in [1.82, 2.24) is 0 Å². The first kappa shape index (κ1) is 73.4. The van der Waals surface area contributed by atoms with Crippen LogP contribution in [0.5, 0.6) is 0 Å². The number of hydrogen-bond donors (Lipinski definition) is 18. The van der Waals surface area contributed by atoms with E-state index >= 15 is 0 Å². The van der Waals surface area contributed by atoms with E-state index < -0.39 is 247 Å². The molecule has 2 saturated carbocycles. The standard InChI is InChI=1S/C62H100O32/c1-6-28(69)30-15-25(2)62(94-30)14-13-58(4)27-7-8-35-57(3,26(27)9-12-59(58,62)5)11-10-36(60(35,21-66)22-67)89-51-45(79)42(76)40(74)34(88-51)20-83-53-47(37(71)29(70)19-82-53)92-55-49(93-56-50(80)61(81,23-68)24-84-56)46(41(75)33(18-65)87-55)90-54-48(43(77)38(72)31(16-63)86-54)91-52-44(78)39(73)32(17-64)85-52/h25,29-56,63-68,70-81H,6-24H2,1-5H3/t25-,29+,30+,31-,32+,33-,34-,35-,36+,37+,38+,39+,40-,41-,42+,43+,44-,45-,46+,47-,48-,49-,50+,51+,52+,53+,54+,55+,56+,57-,58+,59+,61-,62+/m1/s1. The monoisotopic (exact) mass is 1360 g/mol. The SMILES string of the molecule is CCC(=O)[C@@H]1C[C@@H](C)[C@]2(CC[C@@]3(C)C4=C(CC[C@@]32C)[C@@]2(C)CC[C@H](O[C@@H]3O[C@H](CO[C@@H]5OC[C@H](O)[C@H](O)[C@H]5O[C@@H]5O[C@H](CO)[C@@H](O)[C@H](O[C@@H]6O[C@H](CO)[C@H](O)[C@H](O)[C@H]6O[C@@H]6O[C@@H](CO)[C@H](O)[C@H]6O)[C@H]5O[C@@H]5OC[C@](O)(CO)[C@H]5O)[C@@H](O)[C@H](O)[C@H]3O)C(CO)(CO)[C@@H]2CC4)O1. The quantitative estimate of drug-likeness (QED) is 0.0475. The summed E-state index contributed by atoms with van der Waals surface area (Å²) < 4.78 is 79.0. The maximum Gasteiger partial charge on any atom is 0.187 e. The first-order valence-corrected chi connectivity index (χ1v) is 33.1. The van der Waals surface area contributed by atoms with Crippen LogP contribution < -0.4 is 0 Å². The zero-order valence-corrected chi connectivity index (χ0v) is 53.4. The predicted molar refractivity (Wildman–Crippen MR) is 309 cm³/mol. The summed E-state index contributed by atoms with van der Waals surface area (Å²) in [6.45, 7) is 3.89. The molecule has 32 nitrogen and oxygen atoms in total. The maximum absolute atomic E-state index is 13.1. The van der Waals surface area contributed by atoms with Crippen LogP contribution in [0.3, 0.4) is 0 Å². The summed E-state index contributed by atoms with van der Waals surface area (Å²) in [5.74, 6) is -0.0484. The van der Waals surface area contributed by atoms with Crippen molar-refractivity contribution in [3.05, 3.63) is 11.1 Å². The van der Waals surface area contributed by atoms with Crippen LogP contribution in [0.15, 0.2) is 11.1 Å². The van der Waals surface area contributed by atoms with E-state index in [4.69, 9.17) is 61.6 Å². The molecule has 9 fully saturated rings. The molecular formula is C62H100O32. The van der Waals surface area contributed by atoms with Crippen molar-refractivity contribution in [2.75, 3.05) is 59.5 Å². The first-order chi connectivity index (χ1) is 44.5. The molecule has 7 saturated heterocycles. The number of carbonyl (C=O) groups is 1. The van der Waals surface area contributed by atoms with E-state index in [1.54, 1.807) is 0 Å². The molecule has 11 aliphatic rings. The summed E-state index contributed by atoms with van der Waals surface area (Å²) in [4.78, 5) is 13.1. The Kier molecular flexibility index (Phi) is 22.0. The van der Waals surface area contributed by atoms with Crippen molar-refractivity contribution in [2.45, 2.75) is 276 Å². The average molecular weight is 1360 g/mol. The molecule has 0 unspecified atom stereocenters. The molecule has 7 aliphatic heterocycles. The number of aliphatic hydroxyl groups excluding tert-OH is 17. The van der Waals surface area contributed by atoms with E-state index in [1.165, 1.54) is 11.1 Å². The lowest BCUT2D eigenvalue weighted by atomic mass is 9.42. The molecule has 1 spiro atoms. The zero-order chi connectivity index (χ0) is 68.1. The lowest BCUT2D eigenvalue weighted by Gasteiger charge is -2.64. The Labute approximate surface area is 542 Å². The van der Waals surface area contributed by atoms with Crippen molar-refractivity contribution in [3.63, 3.8) is 0 Å². The van der Waals surface area contributed by atoms with Crippen molar-refractivity contribution < 1.29 is 158 Å². The number of allylic oxidation sites excluding steroid dienone is 2. The van der Waals surface area contributed by atoms with Gasteiger partial charge < -0.3 is 153 Å². The van der Waals surface area contributed by atoms with Crippen LogP contribution in [0, 0.1) is 33.5 Å². The highest BCUT2D eigenvalue weighted by Crippen LogP contribution is 2.75. The third kappa shape index (κ3) is 12.0. The molecule has 0 aromatic rings. The number of ketones is 1. The maximum atomic E-state index is 13.1. The van der Waals surface area contributed by atoms with Crippen LogP contribution in [0.2, 0.25) is 0 Å². The molecule has 4 aliphatic carbocycles. The molecule has 0 radical (unpaired) electrons. The first-order valence-electron chi connectivity index (χ1n) is 33.1. The van der Waals surface area contributed by atoms with Gasteiger partial charge in [0.15, 0.2) is 43.5 Å². The van der Waals surface area contributed by atoms with Crippen LogP contribution in [-0.4, -0.2) is 334 Å². The number of Topliss-reactive ketones (excluding diaryl/α,β-unsaturated/α-hetero) is 1. The predicted octanol–water partition coefficient (Wildman–Crippen LogP) is -6.57. The van der Waals surface area contributed by atoms with Gasteiger partial charge in [0.1, 0.15) is 128 Å². The largest absolute Gasteiger partial charge is 0.396 e. The molecule has 540 valence electrons.